The maximum Gasteiger partial charge on any atom is 0.481 e. The minimum absolute atomic E-state index is 0.0269. The van der Waals surface area contributed by atoms with E-state index < -0.39 is 84.6 Å². The molecule has 28 heteroatoms. The Labute approximate surface area is 343 Å². The van der Waals surface area contributed by atoms with E-state index in [1.165, 1.54) is 20.3 Å². The summed E-state index contributed by atoms with van der Waals surface area (Å²) in [4.78, 5) is 87.7. The van der Waals surface area contributed by atoms with Gasteiger partial charge in [0.1, 0.15) is 36.3 Å². The molecule has 3 heterocycles. The molecule has 2 unspecified atom stereocenters. The molecule has 3 rings (SSSR count). The van der Waals surface area contributed by atoms with Crippen LogP contribution in [0.2, 0.25) is 0 Å². The van der Waals surface area contributed by atoms with Crippen molar-refractivity contribution in [3.8, 4) is 0 Å². The van der Waals surface area contributed by atoms with E-state index in [2.05, 4.69) is 41.3 Å². The molecule has 1 fully saturated rings. The number of unbranched alkanes of at least 4 members (excludes halogenated alkanes) is 4. The third-order valence-electron chi connectivity index (χ3n) is 8.44. The number of rotatable bonds is 26. The SMILES string of the molecule is CCCCCCC=CCC(=O)SCCNC(=O)CCNC(=O)[C@H](O)C(C)(C)COP(=O)(O)OP(=O)(O)OC[C@H]1O[C@@H](n2cnc3c(N)ncnc32)[C@H](O)[C@@H]1OP(=O)(O)O. The van der Waals surface area contributed by atoms with Crippen LogP contribution in [0.3, 0.4) is 0 Å². The van der Waals surface area contributed by atoms with Crippen molar-refractivity contribution in [1.29, 1.82) is 0 Å². The van der Waals surface area contributed by atoms with Gasteiger partial charge in [-0.05, 0) is 12.8 Å². The standard InChI is InChI=1S/C31H52N7O17P3S/c1-4-5-6-7-8-9-10-11-22(40)59-15-14-33-21(39)12-13-34-29(43)26(42)31(2,3)17-52-58(49,50)55-57(47,48)51-16-20-25(54-56(44,45)46)24(41)30(53-20)38-19-37-23-27(32)35-18-36-28(23)38/h9-10,18-20,24-26,30,41-42H,4-8,11-17H2,1-3H3,(H,33,39)(H,34,43)(H,47,48)(H,49,50)(H2,32,35,36)(H2,44,45,46)/t20-,24-,25-,26+,30-/m1/s1. The van der Waals surface area contributed by atoms with Crippen molar-refractivity contribution < 1.29 is 80.5 Å². The lowest BCUT2D eigenvalue weighted by atomic mass is 9.87. The lowest BCUT2D eigenvalue weighted by Gasteiger charge is -2.30. The minimum atomic E-state index is -5.57. The molecule has 0 bridgehead atoms. The molecule has 1 aliphatic heterocycles. The normalized spacial score (nSPS) is 21.3. The van der Waals surface area contributed by atoms with Crippen LogP contribution in [0, 0.1) is 5.41 Å². The van der Waals surface area contributed by atoms with Gasteiger partial charge in [0.05, 0.1) is 19.5 Å². The average molecular weight is 920 g/mol. The fraction of sp³-hybridized carbons (Fsp3) is 0.677. The summed E-state index contributed by atoms with van der Waals surface area (Å²) < 4.78 is 62.2. The summed E-state index contributed by atoms with van der Waals surface area (Å²) in [6, 6.07) is 0. The number of aromatic nitrogens is 4. The van der Waals surface area contributed by atoms with Crippen LogP contribution in [0.15, 0.2) is 24.8 Å². The van der Waals surface area contributed by atoms with Crippen LogP contribution in [-0.2, 0) is 50.7 Å². The molecule has 2 amide bonds. The fourth-order valence-electron chi connectivity index (χ4n) is 5.34. The topological polar surface area (TPSA) is 364 Å². The molecule has 2 aromatic rings. The van der Waals surface area contributed by atoms with Gasteiger partial charge in [-0.25, -0.2) is 28.6 Å². The van der Waals surface area contributed by atoms with E-state index in [1.54, 1.807) is 0 Å². The van der Waals surface area contributed by atoms with Gasteiger partial charge in [-0.2, -0.15) is 4.31 Å². The van der Waals surface area contributed by atoms with E-state index in [1.807, 2.05) is 12.2 Å². The van der Waals surface area contributed by atoms with Crippen molar-refractivity contribution in [2.75, 3.05) is 37.8 Å². The molecule has 0 radical (unpaired) electrons. The first kappa shape index (κ1) is 50.7. The van der Waals surface area contributed by atoms with Gasteiger partial charge >= 0.3 is 23.5 Å². The zero-order chi connectivity index (χ0) is 44.0. The number of nitrogens with zero attached hydrogens (tertiary/aromatic N) is 4. The summed E-state index contributed by atoms with van der Waals surface area (Å²) in [6.07, 6.45) is 2.76. The molecule has 24 nitrogen and oxygen atoms in total. The zero-order valence-electron chi connectivity index (χ0n) is 32.5. The van der Waals surface area contributed by atoms with Gasteiger partial charge in [0.25, 0.3) is 0 Å². The second kappa shape index (κ2) is 22.9. The summed E-state index contributed by atoms with van der Waals surface area (Å²) in [5.41, 5.74) is 4.27. The molecule has 10 N–H and O–H groups in total. The van der Waals surface area contributed by atoms with Crippen LogP contribution in [0.1, 0.15) is 71.9 Å². The number of allylic oxidation sites excluding steroid dienone is 2. The van der Waals surface area contributed by atoms with Gasteiger partial charge < -0.3 is 50.9 Å². The Kier molecular flexibility index (Phi) is 19.7. The maximum absolute atomic E-state index is 12.7. The number of imidazole rings is 1. The summed E-state index contributed by atoms with van der Waals surface area (Å²) in [5.74, 6) is -1.08. The van der Waals surface area contributed by atoms with Gasteiger partial charge in [-0.3, -0.25) is 32.5 Å². The van der Waals surface area contributed by atoms with Gasteiger partial charge in [-0.1, -0.05) is 63.9 Å². The molecular formula is C31H52N7O17P3S. The summed E-state index contributed by atoms with van der Waals surface area (Å²) in [7, 11) is -16.4. The fourth-order valence-corrected chi connectivity index (χ4v) is 8.82. The number of aliphatic hydroxyl groups excluding tert-OH is 2. The summed E-state index contributed by atoms with van der Waals surface area (Å²) in [5, 5.41) is 26.4. The van der Waals surface area contributed by atoms with Crippen LogP contribution >= 0.6 is 35.2 Å². The van der Waals surface area contributed by atoms with Gasteiger partial charge in [-0.15, -0.1) is 0 Å². The Morgan fingerprint density at radius 3 is 2.44 bits per heavy atom. The molecule has 7 atom stereocenters. The number of hydrogen-bond acceptors (Lipinski definition) is 18. The summed E-state index contributed by atoms with van der Waals surface area (Å²) >= 11 is 1.09. The third-order valence-corrected chi connectivity index (χ3v) is 12.4. The van der Waals surface area contributed by atoms with Crippen LogP contribution < -0.4 is 16.4 Å². The molecule has 59 heavy (non-hydrogen) atoms. The van der Waals surface area contributed by atoms with Crippen LogP contribution in [0.25, 0.3) is 11.2 Å². The highest BCUT2D eigenvalue weighted by Crippen LogP contribution is 2.61. The molecule has 0 aromatic carbocycles. The molecule has 2 aromatic heterocycles. The number of amides is 2. The highest BCUT2D eigenvalue weighted by Gasteiger charge is 2.50. The van der Waals surface area contributed by atoms with E-state index >= 15 is 0 Å². The van der Waals surface area contributed by atoms with Crippen LogP contribution in [0.5, 0.6) is 0 Å². The highest BCUT2D eigenvalue weighted by molar-refractivity contribution is 8.13. The molecule has 1 aliphatic rings. The minimum Gasteiger partial charge on any atom is -0.386 e. The van der Waals surface area contributed by atoms with Crippen molar-refractivity contribution in [2.24, 2.45) is 5.41 Å². The number of ether oxygens (including phenoxy) is 1. The Hall–Kier alpha value is -2.70. The van der Waals surface area contributed by atoms with Gasteiger partial charge in [0.15, 0.2) is 22.8 Å². The van der Waals surface area contributed by atoms with E-state index in [4.69, 9.17) is 19.5 Å². The maximum atomic E-state index is 12.7. The smallest absolute Gasteiger partial charge is 0.386 e. The highest BCUT2D eigenvalue weighted by atomic mass is 32.2. The molecule has 0 aliphatic carbocycles. The predicted octanol–water partition coefficient (Wildman–Crippen LogP) is 1.58. The Bertz CT molecular complexity index is 1900. The first-order chi connectivity index (χ1) is 27.6. The van der Waals surface area contributed by atoms with E-state index in [9.17, 15) is 57.9 Å². The van der Waals surface area contributed by atoms with Crippen molar-refractivity contribution in [1.82, 2.24) is 30.2 Å². The number of nitrogens with two attached hydrogens (primary N) is 1. The first-order valence-electron chi connectivity index (χ1n) is 18.3. The monoisotopic (exact) mass is 919 g/mol. The van der Waals surface area contributed by atoms with Crippen LogP contribution in [0.4, 0.5) is 5.82 Å². The average Bonchev–Trinajstić information content (AvgIpc) is 3.71. The molecule has 1 saturated heterocycles. The Morgan fingerprint density at radius 2 is 1.75 bits per heavy atom. The second-order valence-corrected chi connectivity index (χ2v) is 19.2. The quantitative estimate of drug-likeness (QED) is 0.0367. The predicted molar refractivity (Wildman–Crippen MR) is 210 cm³/mol. The van der Waals surface area contributed by atoms with Crippen molar-refractivity contribution >= 4 is 69.1 Å². The number of nitrogen functional groups attached to an aromatic ring is 1. The zero-order valence-corrected chi connectivity index (χ0v) is 36.0. The second-order valence-electron chi connectivity index (χ2n) is 13.8. The Balaban J connectivity index is 1.43. The Morgan fingerprint density at radius 1 is 1.03 bits per heavy atom. The third kappa shape index (κ3) is 16.9. The number of carbonyl (C=O) groups is 3. The number of thioether (sulfide) groups is 1. The number of hydrogen-bond donors (Lipinski definition) is 9. The van der Waals surface area contributed by atoms with Crippen molar-refractivity contribution in [3.63, 3.8) is 0 Å². The number of fused-ring (bicyclic) bond motifs is 1. The number of carbonyl (C=O) groups excluding carboxylic acids is 3. The molecule has 0 spiro atoms. The number of phosphoric ester groups is 3. The van der Waals surface area contributed by atoms with E-state index in [-0.39, 0.29) is 41.6 Å². The number of aliphatic hydroxyl groups is 2. The lowest BCUT2D eigenvalue weighted by molar-refractivity contribution is -0.137. The molecule has 0 saturated carbocycles. The van der Waals surface area contributed by atoms with Crippen molar-refractivity contribution in [3.05, 3.63) is 24.8 Å². The number of nitrogens with one attached hydrogen (secondary N) is 2. The van der Waals surface area contributed by atoms with Crippen molar-refractivity contribution in [2.45, 2.75) is 96.4 Å². The molecule has 334 valence electrons. The number of phosphoric acid groups is 3. The van der Waals surface area contributed by atoms with E-state index in [0.29, 0.717) is 12.2 Å². The first-order valence-corrected chi connectivity index (χ1v) is 23.8. The molecular weight excluding hydrogens is 867 g/mol. The lowest BCUT2D eigenvalue weighted by Crippen LogP contribution is -2.46. The largest absolute Gasteiger partial charge is 0.481 e. The van der Waals surface area contributed by atoms with Gasteiger partial charge in [0, 0.05) is 37.1 Å². The van der Waals surface area contributed by atoms with Crippen LogP contribution in [-0.4, -0.2) is 123 Å². The number of anilines is 1. The van der Waals surface area contributed by atoms with E-state index in [0.717, 1.165) is 54.7 Å². The van der Waals surface area contributed by atoms with Gasteiger partial charge in [0.2, 0.25) is 11.8 Å². The summed E-state index contributed by atoms with van der Waals surface area (Å²) in [6.45, 7) is 2.66.